The maximum absolute atomic E-state index is 12.1. The summed E-state index contributed by atoms with van der Waals surface area (Å²) in [6.07, 6.45) is 3.00. The van der Waals surface area contributed by atoms with Gasteiger partial charge in [0.25, 0.3) is 0 Å². The van der Waals surface area contributed by atoms with Gasteiger partial charge in [0.15, 0.2) is 0 Å². The summed E-state index contributed by atoms with van der Waals surface area (Å²) in [6.45, 7) is 1.85. The van der Waals surface area contributed by atoms with Gasteiger partial charge in [-0.15, -0.1) is 0 Å². The highest BCUT2D eigenvalue weighted by atomic mass is 35.5. The van der Waals surface area contributed by atoms with E-state index in [1.165, 1.54) is 13.2 Å². The van der Waals surface area contributed by atoms with Crippen molar-refractivity contribution in [3.63, 3.8) is 0 Å². The normalized spacial score (nSPS) is 10.8. The van der Waals surface area contributed by atoms with Crippen LogP contribution in [0.15, 0.2) is 36.4 Å². The molecule has 1 amide bonds. The monoisotopic (exact) mass is 369 g/mol. The number of halogens is 3. The first kappa shape index (κ1) is 17.7. The molecule has 0 aliphatic carbocycles. The predicted octanol–water partition coefficient (Wildman–Crippen LogP) is 5.62. The van der Waals surface area contributed by atoms with E-state index in [-0.39, 0.29) is 5.91 Å². The van der Waals surface area contributed by atoms with Crippen molar-refractivity contribution in [3.05, 3.63) is 62.6 Å². The molecule has 0 bridgehead atoms. The highest BCUT2D eigenvalue weighted by molar-refractivity contribution is 6.35. The topological polar surface area (TPSA) is 38.3 Å². The molecular weight excluding hydrogens is 357 g/mol. The number of benzene rings is 2. The van der Waals surface area contributed by atoms with Gasteiger partial charge >= 0.3 is 0 Å². The number of methoxy groups -OCH3 is 1. The van der Waals surface area contributed by atoms with Gasteiger partial charge in [-0.2, -0.15) is 0 Å². The second kappa shape index (κ2) is 7.73. The Kier molecular flexibility index (Phi) is 5.94. The number of rotatable bonds is 4. The van der Waals surface area contributed by atoms with Crippen molar-refractivity contribution >= 4 is 52.5 Å². The molecule has 1 N–H and O–H groups in total. The number of aryl methyl sites for hydroxylation is 1. The van der Waals surface area contributed by atoms with Crippen molar-refractivity contribution in [3.8, 4) is 5.75 Å². The van der Waals surface area contributed by atoms with Crippen LogP contribution in [0.25, 0.3) is 6.08 Å². The van der Waals surface area contributed by atoms with Gasteiger partial charge < -0.3 is 10.1 Å². The molecular formula is C17H14Cl3NO2. The van der Waals surface area contributed by atoms with Gasteiger partial charge in [-0.1, -0.05) is 40.9 Å². The number of anilines is 1. The van der Waals surface area contributed by atoms with Crippen molar-refractivity contribution in [1.29, 1.82) is 0 Å². The number of hydrogen-bond donors (Lipinski definition) is 1. The molecule has 2 rings (SSSR count). The first-order valence-corrected chi connectivity index (χ1v) is 7.82. The fourth-order valence-corrected chi connectivity index (χ4v) is 2.53. The van der Waals surface area contributed by atoms with Crippen LogP contribution in [0.4, 0.5) is 5.69 Å². The Morgan fingerprint density at radius 3 is 2.52 bits per heavy atom. The maximum atomic E-state index is 12.1. The maximum Gasteiger partial charge on any atom is 0.248 e. The van der Waals surface area contributed by atoms with Crippen LogP contribution in [0.2, 0.25) is 15.1 Å². The quantitative estimate of drug-likeness (QED) is 0.710. The lowest BCUT2D eigenvalue weighted by atomic mass is 10.2. The molecule has 0 aliphatic rings. The number of nitrogens with one attached hydrogen (secondary N) is 1. The van der Waals surface area contributed by atoms with Gasteiger partial charge in [0.1, 0.15) is 5.75 Å². The molecule has 0 unspecified atom stereocenters. The lowest BCUT2D eigenvalue weighted by molar-refractivity contribution is -0.111. The van der Waals surface area contributed by atoms with E-state index in [1.54, 1.807) is 36.4 Å². The zero-order valence-corrected chi connectivity index (χ0v) is 14.8. The largest absolute Gasteiger partial charge is 0.495 e. The van der Waals surface area contributed by atoms with Crippen LogP contribution in [0, 0.1) is 6.92 Å². The van der Waals surface area contributed by atoms with Crippen molar-refractivity contribution in [2.24, 2.45) is 0 Å². The summed E-state index contributed by atoms with van der Waals surface area (Å²) in [6, 6.07) is 8.47. The van der Waals surface area contributed by atoms with Gasteiger partial charge in [0, 0.05) is 27.2 Å². The minimum Gasteiger partial charge on any atom is -0.495 e. The zero-order chi connectivity index (χ0) is 17.0. The molecule has 0 aliphatic heterocycles. The second-order valence-corrected chi connectivity index (χ2v) is 6.04. The van der Waals surface area contributed by atoms with Gasteiger partial charge in [0.05, 0.1) is 12.8 Å². The fourth-order valence-electron chi connectivity index (χ4n) is 1.91. The number of amides is 1. The third-order valence-corrected chi connectivity index (χ3v) is 4.09. The predicted molar refractivity (Wildman–Crippen MR) is 96.9 cm³/mol. The molecule has 6 heteroatoms. The Hall–Kier alpha value is -1.68. The Morgan fingerprint density at radius 2 is 1.87 bits per heavy atom. The Labute approximate surface area is 149 Å². The molecule has 0 saturated carbocycles. The van der Waals surface area contributed by atoms with Gasteiger partial charge in [-0.3, -0.25) is 4.79 Å². The van der Waals surface area contributed by atoms with Crippen LogP contribution >= 0.6 is 34.8 Å². The Morgan fingerprint density at radius 1 is 1.13 bits per heavy atom. The average molecular weight is 371 g/mol. The third kappa shape index (κ3) is 4.64. The number of carbonyl (C=O) groups excluding carboxylic acids is 1. The molecule has 23 heavy (non-hydrogen) atoms. The van der Waals surface area contributed by atoms with E-state index >= 15 is 0 Å². The van der Waals surface area contributed by atoms with Crippen LogP contribution < -0.4 is 10.1 Å². The van der Waals surface area contributed by atoms with Crippen LogP contribution in [0.5, 0.6) is 5.75 Å². The van der Waals surface area contributed by atoms with Gasteiger partial charge in [-0.05, 0) is 42.3 Å². The molecule has 120 valence electrons. The van der Waals surface area contributed by atoms with E-state index in [4.69, 9.17) is 39.5 Å². The average Bonchev–Trinajstić information content (AvgIpc) is 2.49. The van der Waals surface area contributed by atoms with Crippen molar-refractivity contribution in [2.75, 3.05) is 12.4 Å². The SMILES string of the molecule is COc1cc(Cl)c(C)cc1NC(=O)C=Cc1ccc(Cl)cc1Cl. The molecule has 0 heterocycles. The molecule has 0 radical (unpaired) electrons. The smallest absolute Gasteiger partial charge is 0.248 e. The van der Waals surface area contributed by atoms with Crippen molar-refractivity contribution < 1.29 is 9.53 Å². The molecule has 0 spiro atoms. The molecule has 0 fully saturated rings. The van der Waals surface area contributed by atoms with E-state index < -0.39 is 0 Å². The molecule has 0 saturated heterocycles. The first-order chi connectivity index (χ1) is 10.9. The van der Waals surface area contributed by atoms with Gasteiger partial charge in [0.2, 0.25) is 5.91 Å². The summed E-state index contributed by atoms with van der Waals surface area (Å²) in [4.78, 5) is 12.1. The summed E-state index contributed by atoms with van der Waals surface area (Å²) in [5.74, 6) is 0.183. The molecule has 0 aromatic heterocycles. The molecule has 2 aromatic rings. The van der Waals surface area contributed by atoms with E-state index in [1.807, 2.05) is 6.92 Å². The van der Waals surface area contributed by atoms with Crippen LogP contribution in [0.1, 0.15) is 11.1 Å². The summed E-state index contributed by atoms with van der Waals surface area (Å²) in [5.41, 5.74) is 2.09. The number of carbonyl (C=O) groups is 1. The Bertz CT molecular complexity index is 773. The standard InChI is InChI=1S/C17H14Cl3NO2/c1-10-7-15(16(23-2)9-13(10)19)21-17(22)6-4-11-3-5-12(18)8-14(11)20/h3-9H,1-2H3,(H,21,22). The van der Waals surface area contributed by atoms with Crippen LogP contribution in [0.3, 0.4) is 0 Å². The third-order valence-electron chi connectivity index (χ3n) is 3.12. The van der Waals surface area contributed by atoms with E-state index in [9.17, 15) is 4.79 Å². The lowest BCUT2D eigenvalue weighted by Gasteiger charge is -2.11. The van der Waals surface area contributed by atoms with Crippen LogP contribution in [-0.2, 0) is 4.79 Å². The highest BCUT2D eigenvalue weighted by Gasteiger charge is 2.09. The molecule has 2 aromatic carbocycles. The van der Waals surface area contributed by atoms with Crippen molar-refractivity contribution in [1.82, 2.24) is 0 Å². The second-order valence-electron chi connectivity index (χ2n) is 4.79. The summed E-state index contributed by atoms with van der Waals surface area (Å²) in [7, 11) is 1.51. The fraction of sp³-hybridized carbons (Fsp3) is 0.118. The summed E-state index contributed by atoms with van der Waals surface area (Å²) >= 11 is 17.9. The first-order valence-electron chi connectivity index (χ1n) is 6.69. The van der Waals surface area contributed by atoms with Crippen LogP contribution in [-0.4, -0.2) is 13.0 Å². The molecule has 0 atom stereocenters. The van der Waals surface area contributed by atoms with E-state index in [0.29, 0.717) is 32.1 Å². The zero-order valence-electron chi connectivity index (χ0n) is 12.5. The summed E-state index contributed by atoms with van der Waals surface area (Å²) < 4.78 is 5.22. The molecule has 3 nitrogen and oxygen atoms in total. The van der Waals surface area contributed by atoms with Crippen molar-refractivity contribution in [2.45, 2.75) is 6.92 Å². The van der Waals surface area contributed by atoms with Gasteiger partial charge in [-0.25, -0.2) is 0 Å². The highest BCUT2D eigenvalue weighted by Crippen LogP contribution is 2.31. The number of hydrogen-bond acceptors (Lipinski definition) is 2. The minimum atomic E-state index is -0.309. The Balaban J connectivity index is 2.16. The minimum absolute atomic E-state index is 0.309. The van der Waals surface area contributed by atoms with E-state index in [2.05, 4.69) is 5.32 Å². The van der Waals surface area contributed by atoms with E-state index in [0.717, 1.165) is 5.56 Å². The lowest BCUT2D eigenvalue weighted by Crippen LogP contribution is -2.09. The number of ether oxygens (including phenoxy) is 1. The summed E-state index contributed by atoms with van der Waals surface area (Å²) in [5, 5.41) is 4.34.